The van der Waals surface area contributed by atoms with Crippen molar-refractivity contribution in [1.29, 1.82) is 0 Å². The summed E-state index contributed by atoms with van der Waals surface area (Å²) in [6, 6.07) is 17.4. The Morgan fingerprint density at radius 1 is 1.06 bits per heavy atom. The van der Waals surface area contributed by atoms with Gasteiger partial charge in [-0.15, -0.1) is 0 Å². The van der Waals surface area contributed by atoms with Gasteiger partial charge in [-0.2, -0.15) is 0 Å². The number of nitrogens with two attached hydrogens (primary N) is 1. The van der Waals surface area contributed by atoms with E-state index in [1.165, 1.54) is 7.11 Å². The van der Waals surface area contributed by atoms with Crippen LogP contribution in [-0.2, 0) is 0 Å². The Morgan fingerprint density at radius 3 is 2.52 bits per heavy atom. The van der Waals surface area contributed by atoms with Gasteiger partial charge in [0.2, 0.25) is 5.78 Å². The van der Waals surface area contributed by atoms with Gasteiger partial charge in [-0.3, -0.25) is 9.59 Å². The van der Waals surface area contributed by atoms with Crippen molar-refractivity contribution in [3.63, 3.8) is 0 Å². The molecule has 2 aromatic heterocycles. The Balaban J connectivity index is 1.82. The van der Waals surface area contributed by atoms with Crippen molar-refractivity contribution < 1.29 is 14.3 Å². The largest absolute Gasteiger partial charge is 0.495 e. The summed E-state index contributed by atoms with van der Waals surface area (Å²) in [5.41, 5.74) is 9.39. The van der Waals surface area contributed by atoms with Crippen molar-refractivity contribution in [2.75, 3.05) is 18.2 Å². The molecule has 0 aliphatic carbocycles. The van der Waals surface area contributed by atoms with Crippen LogP contribution in [0.1, 0.15) is 32.0 Å². The first-order valence-electron chi connectivity index (χ1n) is 9.55. The number of nitrogens with zero attached hydrogens (tertiary/aromatic N) is 1. The molecule has 0 spiro atoms. The second-order valence-electron chi connectivity index (χ2n) is 7.09. The lowest BCUT2D eigenvalue weighted by Crippen LogP contribution is -2.14. The van der Waals surface area contributed by atoms with Crippen LogP contribution < -0.4 is 15.8 Å². The van der Waals surface area contributed by atoms with Crippen molar-refractivity contribution in [3.05, 3.63) is 94.3 Å². The number of ether oxygens (including phenoxy) is 1. The number of amides is 1. The SMILES string of the molecule is COc1ccc(Cl)cc1NC(=O)c1c(N)c(C(=O)c2ccc(C)cc2)n2ccccc12. The normalized spacial score (nSPS) is 10.8. The number of benzene rings is 2. The first-order chi connectivity index (χ1) is 14.9. The monoisotopic (exact) mass is 433 g/mol. The second kappa shape index (κ2) is 8.16. The maximum atomic E-state index is 13.3. The quantitative estimate of drug-likeness (QED) is 0.435. The molecular weight excluding hydrogens is 414 g/mol. The smallest absolute Gasteiger partial charge is 0.260 e. The highest BCUT2D eigenvalue weighted by Crippen LogP contribution is 2.32. The second-order valence-corrected chi connectivity index (χ2v) is 7.52. The standard InChI is InChI=1S/C24H20ClN3O3/c1-14-6-8-15(9-7-14)23(29)22-21(26)20(18-5-3-4-12-28(18)22)24(30)27-17-13-16(25)10-11-19(17)31-2/h3-13H,26H2,1-2H3,(H,27,30). The summed E-state index contributed by atoms with van der Waals surface area (Å²) in [4.78, 5) is 26.5. The molecule has 0 saturated heterocycles. The molecule has 0 aliphatic heterocycles. The van der Waals surface area contributed by atoms with Gasteiger partial charge in [0.15, 0.2) is 0 Å². The minimum atomic E-state index is -0.468. The van der Waals surface area contributed by atoms with Crippen LogP contribution in [0.5, 0.6) is 5.75 Å². The van der Waals surface area contributed by atoms with Gasteiger partial charge in [-0.05, 0) is 37.3 Å². The molecule has 4 aromatic rings. The van der Waals surface area contributed by atoms with Gasteiger partial charge in [-0.1, -0.05) is 47.5 Å². The number of pyridine rings is 1. The number of fused-ring (bicyclic) bond motifs is 1. The van der Waals surface area contributed by atoms with Gasteiger partial charge in [0.25, 0.3) is 5.91 Å². The van der Waals surface area contributed by atoms with Crippen molar-refractivity contribution in [2.45, 2.75) is 6.92 Å². The fourth-order valence-corrected chi connectivity index (χ4v) is 3.67. The van der Waals surface area contributed by atoms with E-state index < -0.39 is 5.91 Å². The number of hydrogen-bond acceptors (Lipinski definition) is 4. The number of hydrogen-bond donors (Lipinski definition) is 2. The summed E-state index contributed by atoms with van der Waals surface area (Å²) in [6.07, 6.45) is 1.71. The molecule has 0 radical (unpaired) electrons. The minimum Gasteiger partial charge on any atom is -0.495 e. The lowest BCUT2D eigenvalue weighted by Gasteiger charge is -2.10. The number of ketones is 1. The van der Waals surface area contributed by atoms with E-state index in [0.717, 1.165) is 5.56 Å². The predicted molar refractivity (Wildman–Crippen MR) is 122 cm³/mol. The van der Waals surface area contributed by atoms with Crippen LogP contribution in [0.25, 0.3) is 5.52 Å². The minimum absolute atomic E-state index is 0.107. The van der Waals surface area contributed by atoms with Crippen molar-refractivity contribution in [3.8, 4) is 5.75 Å². The van der Waals surface area contributed by atoms with E-state index in [2.05, 4.69) is 5.32 Å². The summed E-state index contributed by atoms with van der Waals surface area (Å²) in [5.74, 6) is -0.279. The van der Waals surface area contributed by atoms with Crippen molar-refractivity contribution >= 4 is 40.2 Å². The van der Waals surface area contributed by atoms with Crippen LogP contribution in [0.4, 0.5) is 11.4 Å². The van der Waals surface area contributed by atoms with Gasteiger partial charge in [0, 0.05) is 16.8 Å². The molecule has 7 heteroatoms. The number of aromatic nitrogens is 1. The van der Waals surface area contributed by atoms with Gasteiger partial charge in [0.05, 0.1) is 29.6 Å². The van der Waals surface area contributed by atoms with Crippen molar-refractivity contribution in [2.24, 2.45) is 0 Å². The summed E-state index contributed by atoms with van der Waals surface area (Å²) >= 11 is 6.07. The fraction of sp³-hybridized carbons (Fsp3) is 0.0833. The Morgan fingerprint density at radius 2 is 1.81 bits per heavy atom. The molecule has 6 nitrogen and oxygen atoms in total. The zero-order valence-electron chi connectivity index (χ0n) is 17.0. The van der Waals surface area contributed by atoms with Crippen LogP contribution in [-0.4, -0.2) is 23.2 Å². The average molecular weight is 434 g/mol. The molecule has 0 fully saturated rings. The first-order valence-corrected chi connectivity index (χ1v) is 9.93. The number of anilines is 2. The molecule has 4 rings (SSSR count). The van der Waals surface area contributed by atoms with E-state index in [9.17, 15) is 9.59 Å². The highest BCUT2D eigenvalue weighted by Gasteiger charge is 2.26. The molecule has 3 N–H and O–H groups in total. The zero-order chi connectivity index (χ0) is 22.1. The van der Waals surface area contributed by atoms with E-state index in [0.29, 0.717) is 27.5 Å². The number of rotatable bonds is 5. The topological polar surface area (TPSA) is 85.8 Å². The predicted octanol–water partition coefficient (Wildman–Crippen LogP) is 4.98. The summed E-state index contributed by atoms with van der Waals surface area (Å²) in [6.45, 7) is 1.95. The molecule has 0 bridgehead atoms. The van der Waals surface area contributed by atoms with E-state index in [4.69, 9.17) is 22.1 Å². The molecule has 2 aromatic carbocycles. The highest BCUT2D eigenvalue weighted by molar-refractivity contribution is 6.31. The Hall–Kier alpha value is -3.77. The molecule has 0 aliphatic rings. The van der Waals surface area contributed by atoms with Crippen LogP contribution >= 0.6 is 11.6 Å². The Kier molecular flexibility index (Phi) is 5.40. The Labute approximate surface area is 184 Å². The third-order valence-corrected chi connectivity index (χ3v) is 5.28. The van der Waals surface area contributed by atoms with Gasteiger partial charge >= 0.3 is 0 Å². The first kappa shape index (κ1) is 20.5. The van der Waals surface area contributed by atoms with Gasteiger partial charge < -0.3 is 20.2 Å². The molecule has 0 saturated carbocycles. The van der Waals surface area contributed by atoms with Crippen LogP contribution in [0.2, 0.25) is 5.02 Å². The van der Waals surface area contributed by atoms with Crippen LogP contribution in [0.3, 0.4) is 0 Å². The number of halogens is 1. The molecule has 0 atom stereocenters. The van der Waals surface area contributed by atoms with E-state index in [-0.39, 0.29) is 22.7 Å². The molecule has 2 heterocycles. The molecule has 156 valence electrons. The van der Waals surface area contributed by atoms with Crippen molar-refractivity contribution in [1.82, 2.24) is 4.40 Å². The number of nitrogens with one attached hydrogen (secondary N) is 1. The maximum absolute atomic E-state index is 13.3. The van der Waals surface area contributed by atoms with Gasteiger partial charge in [-0.25, -0.2) is 0 Å². The van der Waals surface area contributed by atoms with E-state index >= 15 is 0 Å². The summed E-state index contributed by atoms with van der Waals surface area (Å²) < 4.78 is 6.94. The zero-order valence-corrected chi connectivity index (χ0v) is 17.7. The number of nitrogen functional groups attached to an aromatic ring is 1. The van der Waals surface area contributed by atoms with Crippen LogP contribution in [0.15, 0.2) is 66.9 Å². The van der Waals surface area contributed by atoms with Crippen LogP contribution in [0, 0.1) is 6.92 Å². The number of methoxy groups -OCH3 is 1. The highest BCUT2D eigenvalue weighted by atomic mass is 35.5. The molecular formula is C24H20ClN3O3. The number of aryl methyl sites for hydroxylation is 1. The third kappa shape index (κ3) is 3.73. The Bertz CT molecular complexity index is 1310. The molecule has 0 unspecified atom stereocenters. The summed E-state index contributed by atoms with van der Waals surface area (Å²) in [5, 5.41) is 3.24. The molecule has 31 heavy (non-hydrogen) atoms. The van der Waals surface area contributed by atoms with E-state index in [1.54, 1.807) is 59.1 Å². The fourth-order valence-electron chi connectivity index (χ4n) is 3.50. The lowest BCUT2D eigenvalue weighted by atomic mass is 10.0. The molecule has 1 amide bonds. The third-order valence-electron chi connectivity index (χ3n) is 5.05. The summed E-state index contributed by atoms with van der Waals surface area (Å²) in [7, 11) is 1.50. The number of carbonyl (C=O) groups excluding carboxylic acids is 2. The maximum Gasteiger partial charge on any atom is 0.260 e. The lowest BCUT2D eigenvalue weighted by molar-refractivity contribution is 0.102. The number of carbonyl (C=O) groups is 2. The van der Waals surface area contributed by atoms with Gasteiger partial charge in [0.1, 0.15) is 11.4 Å². The average Bonchev–Trinajstić information content (AvgIpc) is 3.05. The van der Waals surface area contributed by atoms with E-state index in [1.807, 2.05) is 19.1 Å².